The van der Waals surface area contributed by atoms with Crippen molar-refractivity contribution in [2.45, 2.75) is 19.4 Å². The lowest BCUT2D eigenvalue weighted by Gasteiger charge is -2.32. The van der Waals surface area contributed by atoms with Gasteiger partial charge in [-0.1, -0.05) is 6.07 Å². The lowest BCUT2D eigenvalue weighted by Crippen LogP contribution is -2.43. The molecule has 1 fully saturated rings. The number of imidazole rings is 1. The van der Waals surface area contributed by atoms with Gasteiger partial charge in [-0.15, -0.1) is 21.5 Å². The fourth-order valence-electron chi connectivity index (χ4n) is 3.15. The topological polar surface area (TPSA) is 75.9 Å². The number of amides is 1. The van der Waals surface area contributed by atoms with E-state index in [0.717, 1.165) is 31.0 Å². The minimum absolute atomic E-state index is 0.0150. The van der Waals surface area contributed by atoms with Crippen molar-refractivity contribution in [3.05, 3.63) is 53.2 Å². The van der Waals surface area contributed by atoms with E-state index in [0.29, 0.717) is 13.1 Å². The largest absolute Gasteiger partial charge is 0.354 e. The zero-order valence-electron chi connectivity index (χ0n) is 14.3. The number of nitrogens with zero attached hydrogens (tertiary/aromatic N) is 5. The summed E-state index contributed by atoms with van der Waals surface area (Å²) in [6.45, 7) is 2.18. The van der Waals surface area contributed by atoms with Crippen molar-refractivity contribution >= 4 is 23.1 Å². The van der Waals surface area contributed by atoms with Crippen molar-refractivity contribution in [2.24, 2.45) is 5.92 Å². The molecule has 3 aromatic heterocycles. The van der Waals surface area contributed by atoms with Crippen molar-refractivity contribution in [3.63, 3.8) is 0 Å². The molecule has 4 rings (SSSR count). The van der Waals surface area contributed by atoms with Crippen LogP contribution in [0.25, 0.3) is 5.82 Å². The summed E-state index contributed by atoms with van der Waals surface area (Å²) in [5.74, 6) is 1.64. The number of nitrogens with one attached hydrogen (secondary N) is 1. The summed E-state index contributed by atoms with van der Waals surface area (Å²) in [4.78, 5) is 19.8. The van der Waals surface area contributed by atoms with Crippen LogP contribution in [0.3, 0.4) is 0 Å². The molecule has 0 saturated carbocycles. The summed E-state index contributed by atoms with van der Waals surface area (Å²) in [5, 5.41) is 13.7. The summed E-state index contributed by atoms with van der Waals surface area (Å²) in [6.07, 6.45) is 7.12. The monoisotopic (exact) mass is 368 g/mol. The van der Waals surface area contributed by atoms with Crippen LogP contribution in [0, 0.1) is 5.92 Å². The van der Waals surface area contributed by atoms with Crippen molar-refractivity contribution in [1.82, 2.24) is 25.1 Å². The second kappa shape index (κ2) is 7.65. The molecule has 1 aliphatic heterocycles. The van der Waals surface area contributed by atoms with E-state index in [1.54, 1.807) is 23.9 Å². The average molecular weight is 368 g/mol. The van der Waals surface area contributed by atoms with Crippen LogP contribution in [0.4, 0.5) is 5.82 Å². The summed E-state index contributed by atoms with van der Waals surface area (Å²) < 4.78 is 1.81. The first-order valence-electron chi connectivity index (χ1n) is 8.67. The SMILES string of the molecule is O=C(NCc1cccs1)C1CCCN(c2ccc(-n3ccnc3)nn2)C1. The van der Waals surface area contributed by atoms with Gasteiger partial charge in [0.2, 0.25) is 5.91 Å². The molecule has 1 unspecified atom stereocenters. The second-order valence-corrected chi connectivity index (χ2v) is 7.33. The predicted molar refractivity (Wildman–Crippen MR) is 100 cm³/mol. The van der Waals surface area contributed by atoms with Crippen LogP contribution in [0.2, 0.25) is 0 Å². The van der Waals surface area contributed by atoms with E-state index >= 15 is 0 Å². The number of carbonyl (C=O) groups is 1. The zero-order valence-corrected chi connectivity index (χ0v) is 15.1. The minimum Gasteiger partial charge on any atom is -0.354 e. The number of hydrogen-bond donors (Lipinski definition) is 1. The minimum atomic E-state index is -0.0150. The third-order valence-electron chi connectivity index (χ3n) is 4.54. The highest BCUT2D eigenvalue weighted by atomic mass is 32.1. The van der Waals surface area contributed by atoms with Gasteiger partial charge in [-0.3, -0.25) is 9.36 Å². The van der Waals surface area contributed by atoms with Gasteiger partial charge in [-0.05, 0) is 36.4 Å². The maximum absolute atomic E-state index is 12.5. The van der Waals surface area contributed by atoms with Gasteiger partial charge in [0.1, 0.15) is 6.33 Å². The first kappa shape index (κ1) is 16.7. The van der Waals surface area contributed by atoms with Gasteiger partial charge < -0.3 is 10.2 Å². The molecular weight excluding hydrogens is 348 g/mol. The van der Waals surface area contributed by atoms with E-state index in [-0.39, 0.29) is 11.8 Å². The number of carbonyl (C=O) groups excluding carboxylic acids is 1. The number of thiophene rings is 1. The first-order valence-corrected chi connectivity index (χ1v) is 9.54. The van der Waals surface area contributed by atoms with Crippen molar-refractivity contribution < 1.29 is 4.79 Å². The molecule has 1 saturated heterocycles. The van der Waals surface area contributed by atoms with E-state index in [1.807, 2.05) is 40.4 Å². The van der Waals surface area contributed by atoms with Crippen molar-refractivity contribution in [1.29, 1.82) is 0 Å². The Labute approximate surface area is 155 Å². The Morgan fingerprint density at radius 3 is 2.88 bits per heavy atom. The molecule has 1 N–H and O–H groups in total. The molecular formula is C18H20N6OS. The van der Waals surface area contributed by atoms with Gasteiger partial charge in [-0.2, -0.15) is 0 Å². The molecule has 26 heavy (non-hydrogen) atoms. The maximum atomic E-state index is 12.5. The Balaban J connectivity index is 1.37. The molecule has 8 heteroatoms. The van der Waals surface area contributed by atoms with Gasteiger partial charge in [0.15, 0.2) is 11.6 Å². The molecule has 0 spiro atoms. The van der Waals surface area contributed by atoms with Gasteiger partial charge in [0.05, 0.1) is 12.5 Å². The second-order valence-electron chi connectivity index (χ2n) is 6.30. The molecule has 7 nitrogen and oxygen atoms in total. The average Bonchev–Trinajstić information content (AvgIpc) is 3.40. The molecule has 0 radical (unpaired) electrons. The summed E-state index contributed by atoms with van der Waals surface area (Å²) in [6, 6.07) is 7.91. The quantitative estimate of drug-likeness (QED) is 0.748. The van der Waals surface area contributed by atoms with Crippen LogP contribution in [0.5, 0.6) is 0 Å². The summed E-state index contributed by atoms with van der Waals surface area (Å²) >= 11 is 1.66. The number of rotatable bonds is 5. The lowest BCUT2D eigenvalue weighted by molar-refractivity contribution is -0.125. The van der Waals surface area contributed by atoms with Crippen LogP contribution in [-0.2, 0) is 11.3 Å². The third-order valence-corrected chi connectivity index (χ3v) is 5.41. The maximum Gasteiger partial charge on any atom is 0.225 e. The van der Waals surface area contributed by atoms with E-state index in [9.17, 15) is 4.79 Å². The van der Waals surface area contributed by atoms with E-state index in [1.165, 1.54) is 4.88 Å². The van der Waals surface area contributed by atoms with Crippen LogP contribution >= 0.6 is 11.3 Å². The molecule has 0 bridgehead atoms. The van der Waals surface area contributed by atoms with Crippen LogP contribution < -0.4 is 10.2 Å². The van der Waals surface area contributed by atoms with Gasteiger partial charge in [0.25, 0.3) is 0 Å². The predicted octanol–water partition coefficient (Wildman–Crippen LogP) is 2.26. The van der Waals surface area contributed by atoms with Gasteiger partial charge in [0, 0.05) is 30.4 Å². The summed E-state index contributed by atoms with van der Waals surface area (Å²) in [7, 11) is 0. The highest BCUT2D eigenvalue weighted by molar-refractivity contribution is 7.09. The molecule has 1 amide bonds. The molecule has 0 aromatic carbocycles. The zero-order chi connectivity index (χ0) is 17.8. The van der Waals surface area contributed by atoms with E-state index in [4.69, 9.17) is 0 Å². The first-order chi connectivity index (χ1) is 12.8. The molecule has 134 valence electrons. The summed E-state index contributed by atoms with van der Waals surface area (Å²) in [5.41, 5.74) is 0. The normalized spacial score (nSPS) is 17.2. The lowest BCUT2D eigenvalue weighted by atomic mass is 9.97. The van der Waals surface area contributed by atoms with Gasteiger partial charge in [-0.25, -0.2) is 4.98 Å². The number of hydrogen-bond acceptors (Lipinski definition) is 6. The highest BCUT2D eigenvalue weighted by Crippen LogP contribution is 2.22. The molecule has 0 aliphatic carbocycles. The molecule has 3 aromatic rings. The van der Waals surface area contributed by atoms with Crippen LogP contribution in [0.1, 0.15) is 17.7 Å². The molecule has 1 aliphatic rings. The Hall–Kier alpha value is -2.74. The smallest absolute Gasteiger partial charge is 0.225 e. The van der Waals surface area contributed by atoms with Crippen molar-refractivity contribution in [2.75, 3.05) is 18.0 Å². The fraction of sp³-hybridized carbons (Fsp3) is 0.333. The fourth-order valence-corrected chi connectivity index (χ4v) is 3.79. The third kappa shape index (κ3) is 3.75. The molecule has 4 heterocycles. The standard InChI is InChI=1S/C18H20N6OS/c25-18(20-11-15-4-2-10-26-15)14-3-1-8-23(12-14)16-5-6-17(22-21-16)24-9-7-19-13-24/h2,4-7,9-10,13-14H,1,3,8,11-12H2,(H,20,25). The number of anilines is 1. The van der Waals surface area contributed by atoms with E-state index in [2.05, 4.69) is 25.4 Å². The Kier molecular flexibility index (Phi) is 4.92. The van der Waals surface area contributed by atoms with Crippen molar-refractivity contribution in [3.8, 4) is 5.82 Å². The number of piperidine rings is 1. The molecule has 1 atom stereocenters. The Morgan fingerprint density at radius 1 is 1.27 bits per heavy atom. The van der Waals surface area contributed by atoms with E-state index < -0.39 is 0 Å². The Morgan fingerprint density at radius 2 is 2.15 bits per heavy atom. The highest BCUT2D eigenvalue weighted by Gasteiger charge is 2.26. The Bertz CT molecular complexity index is 831. The van der Waals surface area contributed by atoms with Crippen LogP contribution in [-0.4, -0.2) is 38.7 Å². The number of aromatic nitrogens is 4. The van der Waals surface area contributed by atoms with Gasteiger partial charge >= 0.3 is 0 Å². The van der Waals surface area contributed by atoms with Crippen LogP contribution in [0.15, 0.2) is 48.4 Å².